The van der Waals surface area contributed by atoms with Gasteiger partial charge in [0, 0.05) is 38.4 Å². The Hall–Kier alpha value is -1.71. The average molecular weight is 276 g/mol. The van der Waals surface area contributed by atoms with E-state index in [-0.39, 0.29) is 0 Å². The number of hydrogen-bond acceptors (Lipinski definition) is 2. The first-order chi connectivity index (χ1) is 9.58. The third-order valence-electron chi connectivity index (χ3n) is 3.61. The molecule has 4 heteroatoms. The van der Waals surface area contributed by atoms with E-state index >= 15 is 0 Å². The molecule has 1 rings (SSSR count). The van der Waals surface area contributed by atoms with E-state index in [9.17, 15) is 0 Å². The van der Waals surface area contributed by atoms with Crippen LogP contribution in [-0.4, -0.2) is 38.7 Å². The number of para-hydroxylation sites is 1. The molecule has 0 aliphatic carbocycles. The van der Waals surface area contributed by atoms with Crippen molar-refractivity contribution >= 4 is 11.6 Å². The highest BCUT2D eigenvalue weighted by atomic mass is 15.2. The van der Waals surface area contributed by atoms with Gasteiger partial charge in [-0.25, -0.2) is 0 Å². The average Bonchev–Trinajstić information content (AvgIpc) is 2.50. The fourth-order valence-corrected chi connectivity index (χ4v) is 1.83. The minimum absolute atomic E-state index is 0.382. The van der Waals surface area contributed by atoms with Crippen LogP contribution in [0.4, 0.5) is 5.69 Å². The first-order valence-corrected chi connectivity index (χ1v) is 7.33. The second-order valence-electron chi connectivity index (χ2n) is 5.20. The number of nitrogens with one attached hydrogen (secondary N) is 2. The van der Waals surface area contributed by atoms with E-state index in [1.807, 2.05) is 13.1 Å². The molecule has 2 unspecified atom stereocenters. The Bertz CT molecular complexity index is 402. The molecule has 2 atom stereocenters. The van der Waals surface area contributed by atoms with Crippen LogP contribution in [0, 0.1) is 0 Å². The maximum absolute atomic E-state index is 4.26. The second kappa shape index (κ2) is 8.46. The summed E-state index contributed by atoms with van der Waals surface area (Å²) in [6.07, 6.45) is 1.08. The van der Waals surface area contributed by atoms with Crippen molar-refractivity contribution in [1.29, 1.82) is 0 Å². The maximum atomic E-state index is 4.26. The van der Waals surface area contributed by atoms with Crippen molar-refractivity contribution in [3.8, 4) is 0 Å². The molecule has 0 radical (unpaired) electrons. The fraction of sp³-hybridized carbons (Fsp3) is 0.562. The number of aliphatic imine (C=N–C) groups is 1. The van der Waals surface area contributed by atoms with Gasteiger partial charge in [0.05, 0.1) is 0 Å². The minimum Gasteiger partial charge on any atom is -0.370 e. The molecule has 112 valence electrons. The van der Waals surface area contributed by atoms with Crippen LogP contribution in [0.25, 0.3) is 0 Å². The monoisotopic (exact) mass is 276 g/mol. The molecule has 0 aliphatic heterocycles. The minimum atomic E-state index is 0.382. The summed E-state index contributed by atoms with van der Waals surface area (Å²) in [5.41, 5.74) is 1.23. The van der Waals surface area contributed by atoms with Crippen molar-refractivity contribution in [2.75, 3.05) is 25.5 Å². The number of anilines is 1. The molecular formula is C16H28N4. The van der Waals surface area contributed by atoms with Gasteiger partial charge in [-0.15, -0.1) is 0 Å². The quantitative estimate of drug-likeness (QED) is 0.619. The topological polar surface area (TPSA) is 39.7 Å². The van der Waals surface area contributed by atoms with Crippen LogP contribution < -0.4 is 15.5 Å². The maximum Gasteiger partial charge on any atom is 0.191 e. The molecule has 1 aromatic carbocycles. The molecule has 0 saturated carbocycles. The lowest BCUT2D eigenvalue weighted by Gasteiger charge is -2.28. The summed E-state index contributed by atoms with van der Waals surface area (Å²) >= 11 is 0. The first-order valence-electron chi connectivity index (χ1n) is 7.33. The van der Waals surface area contributed by atoms with Crippen LogP contribution in [-0.2, 0) is 0 Å². The van der Waals surface area contributed by atoms with E-state index in [4.69, 9.17) is 0 Å². The van der Waals surface area contributed by atoms with E-state index in [2.05, 4.69) is 72.6 Å². The molecule has 4 nitrogen and oxygen atoms in total. The highest BCUT2D eigenvalue weighted by molar-refractivity contribution is 5.80. The molecule has 0 aromatic heterocycles. The van der Waals surface area contributed by atoms with Gasteiger partial charge in [0.15, 0.2) is 5.96 Å². The normalized spacial score (nSPS) is 14.6. The summed E-state index contributed by atoms with van der Waals surface area (Å²) in [6.45, 7) is 7.38. The predicted octanol–water partition coefficient (Wildman–Crippen LogP) is 2.47. The third kappa shape index (κ3) is 5.11. The van der Waals surface area contributed by atoms with Gasteiger partial charge in [-0.3, -0.25) is 4.99 Å². The van der Waals surface area contributed by atoms with Crippen molar-refractivity contribution in [3.63, 3.8) is 0 Å². The Kier molecular flexibility index (Phi) is 6.91. The van der Waals surface area contributed by atoms with Gasteiger partial charge in [-0.2, -0.15) is 0 Å². The van der Waals surface area contributed by atoms with E-state index in [1.54, 1.807) is 0 Å². The number of benzene rings is 1. The van der Waals surface area contributed by atoms with Crippen LogP contribution in [0.3, 0.4) is 0 Å². The van der Waals surface area contributed by atoms with Crippen molar-refractivity contribution in [1.82, 2.24) is 10.6 Å². The van der Waals surface area contributed by atoms with Gasteiger partial charge in [0.2, 0.25) is 0 Å². The Morgan fingerprint density at radius 1 is 1.25 bits per heavy atom. The van der Waals surface area contributed by atoms with E-state index < -0.39 is 0 Å². The molecule has 0 amide bonds. The third-order valence-corrected chi connectivity index (χ3v) is 3.61. The molecule has 0 saturated heterocycles. The van der Waals surface area contributed by atoms with Crippen LogP contribution in [0.15, 0.2) is 35.3 Å². The molecule has 0 aliphatic rings. The standard InChI is InChI=1S/C16H28N4/c1-6-13(2)19-16(17-4)18-12-14(3)20(5)15-10-8-7-9-11-15/h7-11,13-14H,6,12H2,1-5H3,(H2,17,18,19). The molecule has 0 bridgehead atoms. The van der Waals surface area contributed by atoms with Crippen molar-refractivity contribution < 1.29 is 0 Å². The number of likely N-dealkylation sites (N-methyl/N-ethyl adjacent to an activating group) is 1. The van der Waals surface area contributed by atoms with Crippen LogP contribution in [0.2, 0.25) is 0 Å². The second-order valence-corrected chi connectivity index (χ2v) is 5.20. The predicted molar refractivity (Wildman–Crippen MR) is 88.6 cm³/mol. The SMILES string of the molecule is CCC(C)NC(=NC)NCC(C)N(C)c1ccccc1. The van der Waals surface area contributed by atoms with Gasteiger partial charge in [-0.1, -0.05) is 25.1 Å². The summed E-state index contributed by atoms with van der Waals surface area (Å²) in [5.74, 6) is 0.868. The molecule has 20 heavy (non-hydrogen) atoms. The molecule has 2 N–H and O–H groups in total. The molecule has 1 aromatic rings. The molecular weight excluding hydrogens is 248 g/mol. The Morgan fingerprint density at radius 2 is 1.90 bits per heavy atom. The van der Waals surface area contributed by atoms with Crippen LogP contribution in [0.1, 0.15) is 27.2 Å². The van der Waals surface area contributed by atoms with E-state index in [1.165, 1.54) is 5.69 Å². The highest BCUT2D eigenvalue weighted by Gasteiger charge is 2.11. The van der Waals surface area contributed by atoms with Crippen LogP contribution in [0.5, 0.6) is 0 Å². The van der Waals surface area contributed by atoms with Crippen LogP contribution >= 0.6 is 0 Å². The van der Waals surface area contributed by atoms with Gasteiger partial charge < -0.3 is 15.5 Å². The summed E-state index contributed by atoms with van der Waals surface area (Å²) < 4.78 is 0. The number of hydrogen-bond donors (Lipinski definition) is 2. The first kappa shape index (κ1) is 16.3. The molecule has 0 spiro atoms. The zero-order chi connectivity index (χ0) is 15.0. The number of guanidine groups is 1. The van der Waals surface area contributed by atoms with Crippen molar-refractivity contribution in [2.45, 2.75) is 39.3 Å². The van der Waals surface area contributed by atoms with Gasteiger partial charge in [0.25, 0.3) is 0 Å². The Morgan fingerprint density at radius 3 is 2.45 bits per heavy atom. The molecule has 0 fully saturated rings. The lowest BCUT2D eigenvalue weighted by molar-refractivity contribution is 0.605. The highest BCUT2D eigenvalue weighted by Crippen LogP contribution is 2.13. The van der Waals surface area contributed by atoms with Gasteiger partial charge in [-0.05, 0) is 32.4 Å². The Balaban J connectivity index is 2.48. The lowest BCUT2D eigenvalue weighted by atomic mass is 10.2. The van der Waals surface area contributed by atoms with E-state index in [0.29, 0.717) is 12.1 Å². The number of nitrogens with zero attached hydrogens (tertiary/aromatic N) is 2. The van der Waals surface area contributed by atoms with Crippen molar-refractivity contribution in [3.05, 3.63) is 30.3 Å². The van der Waals surface area contributed by atoms with Gasteiger partial charge in [0.1, 0.15) is 0 Å². The van der Waals surface area contributed by atoms with E-state index in [0.717, 1.165) is 18.9 Å². The molecule has 0 heterocycles. The summed E-state index contributed by atoms with van der Waals surface area (Å²) in [7, 11) is 3.93. The van der Waals surface area contributed by atoms with Gasteiger partial charge >= 0.3 is 0 Å². The fourth-order valence-electron chi connectivity index (χ4n) is 1.83. The lowest BCUT2D eigenvalue weighted by Crippen LogP contribution is -2.47. The summed E-state index contributed by atoms with van der Waals surface area (Å²) in [4.78, 5) is 6.52. The zero-order valence-corrected chi connectivity index (χ0v) is 13.4. The summed E-state index contributed by atoms with van der Waals surface area (Å²) in [6, 6.07) is 11.2. The van der Waals surface area contributed by atoms with Crippen molar-refractivity contribution in [2.24, 2.45) is 4.99 Å². The largest absolute Gasteiger partial charge is 0.370 e. The number of rotatable bonds is 6. The zero-order valence-electron chi connectivity index (χ0n) is 13.4. The smallest absolute Gasteiger partial charge is 0.191 e. The Labute approximate surface area is 123 Å². The summed E-state index contributed by atoms with van der Waals surface area (Å²) in [5, 5.41) is 6.75.